The Balaban J connectivity index is 0.898. The number of hydrogen-bond acceptors (Lipinski definition) is 13. The van der Waals surface area contributed by atoms with Crippen molar-refractivity contribution in [2.75, 3.05) is 50.5 Å². The summed E-state index contributed by atoms with van der Waals surface area (Å²) in [6, 6.07) is 14.8. The first-order valence-electron chi connectivity index (χ1n) is 20.9. The van der Waals surface area contributed by atoms with Crippen molar-refractivity contribution in [3.8, 4) is 0 Å². The largest absolute Gasteiger partial charge is 0.465 e. The average Bonchev–Trinajstić information content (AvgIpc) is 3.72. The normalized spacial score (nSPS) is 15.6. The van der Waals surface area contributed by atoms with E-state index in [4.69, 9.17) is 20.4 Å². The fourth-order valence-corrected chi connectivity index (χ4v) is 7.61. The van der Waals surface area contributed by atoms with Gasteiger partial charge in [-0.2, -0.15) is 4.98 Å². The van der Waals surface area contributed by atoms with Gasteiger partial charge >= 0.3 is 5.97 Å². The Morgan fingerprint density at radius 3 is 2.50 bits per heavy atom. The Kier molecular flexibility index (Phi) is 16.2. The van der Waals surface area contributed by atoms with Gasteiger partial charge in [-0.05, 0) is 88.3 Å². The molecule has 0 unspecified atom stereocenters. The summed E-state index contributed by atoms with van der Waals surface area (Å²) in [5.41, 5.74) is 8.79. The molecule has 1 aliphatic heterocycles. The van der Waals surface area contributed by atoms with E-state index in [2.05, 4.69) is 36.9 Å². The number of ether oxygens (including phenoxy) is 1. The van der Waals surface area contributed by atoms with Crippen LogP contribution in [0.25, 0.3) is 10.9 Å². The number of hydrogen-bond donors (Lipinski definition) is 6. The molecule has 312 valence electrons. The Bertz CT molecular complexity index is 1930. The third kappa shape index (κ3) is 12.7. The second-order valence-corrected chi connectivity index (χ2v) is 15.3. The molecule has 3 heterocycles. The predicted octanol–water partition coefficient (Wildman–Crippen LogP) is 3.74. The van der Waals surface area contributed by atoms with Crippen LogP contribution in [0.3, 0.4) is 0 Å². The van der Waals surface area contributed by atoms with E-state index >= 15 is 0 Å². The minimum atomic E-state index is -0.852. The second kappa shape index (κ2) is 22.1. The van der Waals surface area contributed by atoms with Crippen molar-refractivity contribution >= 4 is 40.5 Å². The van der Waals surface area contributed by atoms with Crippen molar-refractivity contribution in [1.82, 2.24) is 45.8 Å². The molecule has 2 amide bonds. The number of aryl methyl sites for hydroxylation is 1. The lowest BCUT2D eigenvalue weighted by Crippen LogP contribution is -2.44. The summed E-state index contributed by atoms with van der Waals surface area (Å²) in [4.78, 5) is 49.3. The molecule has 6 rings (SSSR count). The number of rotatable bonds is 21. The molecule has 0 spiro atoms. The van der Waals surface area contributed by atoms with Crippen LogP contribution in [0, 0.1) is 0 Å². The zero-order chi connectivity index (χ0) is 40.5. The number of carbonyl (C=O) groups is 3. The number of nitrogens with one attached hydrogen (secondary N) is 5. The number of para-hydroxylation sites is 1. The van der Waals surface area contributed by atoms with E-state index in [1.807, 2.05) is 40.0 Å². The number of nitrogens with two attached hydrogens (primary N) is 1. The molecule has 16 nitrogen and oxygen atoms in total. The molecule has 7 N–H and O–H groups in total. The van der Waals surface area contributed by atoms with E-state index in [9.17, 15) is 14.4 Å². The van der Waals surface area contributed by atoms with Gasteiger partial charge in [0.05, 0.1) is 37.0 Å². The van der Waals surface area contributed by atoms with E-state index in [0.717, 1.165) is 80.3 Å². The highest BCUT2D eigenvalue weighted by Gasteiger charge is 2.25. The van der Waals surface area contributed by atoms with Crippen LogP contribution in [-0.4, -0.2) is 106 Å². The first-order chi connectivity index (χ1) is 28.4. The Morgan fingerprint density at radius 1 is 0.897 bits per heavy atom. The Hall–Kier alpha value is -5.19. The molecule has 1 saturated carbocycles. The monoisotopic (exact) mass is 796 g/mol. The van der Waals surface area contributed by atoms with Gasteiger partial charge in [-0.15, -0.1) is 5.10 Å². The van der Waals surface area contributed by atoms with Crippen LogP contribution in [-0.2, 0) is 34.0 Å². The molecule has 2 fully saturated rings. The molecule has 1 aliphatic carbocycles. The zero-order valence-electron chi connectivity index (χ0n) is 33.8. The Labute approximate surface area is 340 Å². The Morgan fingerprint density at radius 2 is 1.67 bits per heavy atom. The average molecular weight is 797 g/mol. The van der Waals surface area contributed by atoms with Gasteiger partial charge < -0.3 is 42.0 Å². The molecular formula is C42H60N12O4. The number of nitrogens with zero attached hydrogens (tertiary/aromatic N) is 6. The highest BCUT2D eigenvalue weighted by molar-refractivity contribution is 5.91. The summed E-state index contributed by atoms with van der Waals surface area (Å²) in [6.07, 6.45) is 12.7. The van der Waals surface area contributed by atoms with Gasteiger partial charge in [0, 0.05) is 50.1 Å². The second-order valence-electron chi connectivity index (χ2n) is 15.3. The quantitative estimate of drug-likeness (QED) is 0.0526. The molecule has 2 aromatic heterocycles. The van der Waals surface area contributed by atoms with Crippen molar-refractivity contribution in [3.05, 3.63) is 71.5 Å². The fraction of sp³-hybridized carbons (Fsp3) is 0.548. The third-order valence-corrected chi connectivity index (χ3v) is 11.0. The van der Waals surface area contributed by atoms with Crippen molar-refractivity contribution in [2.45, 2.75) is 108 Å². The summed E-state index contributed by atoms with van der Waals surface area (Å²) >= 11 is 0. The lowest BCUT2D eigenvalue weighted by molar-refractivity contribution is -0.132. The number of aromatic nitrogens is 5. The molecular weight excluding hydrogens is 737 g/mol. The van der Waals surface area contributed by atoms with Crippen molar-refractivity contribution in [1.29, 1.82) is 0 Å². The summed E-state index contributed by atoms with van der Waals surface area (Å²) in [7, 11) is 1.31. The molecule has 1 atom stereocenters. The van der Waals surface area contributed by atoms with E-state index in [1.54, 1.807) is 24.3 Å². The molecule has 2 aliphatic rings. The number of likely N-dealkylation sites (tertiary alicyclic amines) is 1. The summed E-state index contributed by atoms with van der Waals surface area (Å²) in [5.74, 6) is 0.355. The molecule has 16 heteroatoms. The lowest BCUT2D eigenvalue weighted by atomic mass is 9.95. The van der Waals surface area contributed by atoms with Crippen molar-refractivity contribution in [3.63, 3.8) is 0 Å². The van der Waals surface area contributed by atoms with Crippen molar-refractivity contribution in [2.24, 2.45) is 5.73 Å². The number of piperidine rings is 1. The maximum atomic E-state index is 13.1. The predicted molar refractivity (Wildman–Crippen MR) is 224 cm³/mol. The summed E-state index contributed by atoms with van der Waals surface area (Å²) < 4.78 is 6.71. The zero-order valence-corrected chi connectivity index (χ0v) is 33.8. The smallest absolute Gasteiger partial charge is 0.338 e. The van der Waals surface area contributed by atoms with Gasteiger partial charge in [0.1, 0.15) is 11.5 Å². The number of fused-ring (bicyclic) bond motifs is 1. The van der Waals surface area contributed by atoms with E-state index in [-0.39, 0.29) is 37.2 Å². The highest BCUT2D eigenvalue weighted by Crippen LogP contribution is 2.25. The number of amides is 2. The van der Waals surface area contributed by atoms with Gasteiger partial charge in [0.25, 0.3) is 0 Å². The fourth-order valence-electron chi connectivity index (χ4n) is 7.61. The van der Waals surface area contributed by atoms with Crippen LogP contribution in [0.15, 0.2) is 54.7 Å². The van der Waals surface area contributed by atoms with Crippen LogP contribution in [0.4, 0.5) is 11.8 Å². The van der Waals surface area contributed by atoms with Crippen LogP contribution in [0.5, 0.6) is 0 Å². The van der Waals surface area contributed by atoms with Crippen LogP contribution in [0.1, 0.15) is 92.2 Å². The molecule has 1 saturated heterocycles. The first-order valence-corrected chi connectivity index (χ1v) is 20.9. The summed E-state index contributed by atoms with van der Waals surface area (Å²) in [5, 5.41) is 26.6. The maximum absolute atomic E-state index is 13.1. The van der Waals surface area contributed by atoms with Crippen LogP contribution >= 0.6 is 0 Å². The van der Waals surface area contributed by atoms with Gasteiger partial charge in [0.15, 0.2) is 0 Å². The number of anilines is 2. The van der Waals surface area contributed by atoms with Gasteiger partial charge in [-0.25, -0.2) is 9.78 Å². The van der Waals surface area contributed by atoms with Gasteiger partial charge in [-0.1, -0.05) is 54.8 Å². The SMILES string of the molecule is COC(=O)c1ccccc1CNC(=O)[C@@H](N)CCC(=O)N1CCC(Nc2nc(NCc3cn(CCCNCCCNC4CCCCC4)nn3)nc3ccccc23)CC1. The van der Waals surface area contributed by atoms with E-state index in [0.29, 0.717) is 36.7 Å². The van der Waals surface area contributed by atoms with Gasteiger partial charge in [0.2, 0.25) is 17.8 Å². The molecule has 4 aromatic rings. The van der Waals surface area contributed by atoms with Crippen LogP contribution < -0.4 is 32.3 Å². The standard InChI is InChI=1S/C42H60N12O4/c1-58-41(57)34-14-6-5-11-30(34)27-46-40(56)36(43)17-18-38(55)53-25-19-32(20-26-53)48-39-35-15-7-8-16-37(35)49-42(50-39)47-28-33-29-54(52-51-33)24-10-22-44-21-9-23-45-31-12-3-2-4-13-31/h5-8,11,14-16,29,31-32,36,44-45H,2-4,9-10,12-13,17-28,43H2,1H3,(H,46,56)(H2,47,48,49,50)/t36-/m0/s1. The third-order valence-electron chi connectivity index (χ3n) is 11.0. The van der Waals surface area contributed by atoms with Gasteiger partial charge in [-0.3, -0.25) is 14.3 Å². The molecule has 58 heavy (non-hydrogen) atoms. The minimum Gasteiger partial charge on any atom is -0.465 e. The van der Waals surface area contributed by atoms with E-state index in [1.165, 1.54) is 39.2 Å². The molecule has 2 aromatic carbocycles. The van der Waals surface area contributed by atoms with Crippen LogP contribution in [0.2, 0.25) is 0 Å². The first kappa shape index (κ1) is 42.4. The summed E-state index contributed by atoms with van der Waals surface area (Å²) in [6.45, 7) is 5.59. The molecule has 0 radical (unpaired) electrons. The van der Waals surface area contributed by atoms with E-state index < -0.39 is 12.0 Å². The number of benzene rings is 2. The molecule has 0 bridgehead atoms. The number of esters is 1. The maximum Gasteiger partial charge on any atom is 0.338 e. The minimum absolute atomic E-state index is 0.0293. The highest BCUT2D eigenvalue weighted by atomic mass is 16.5. The lowest BCUT2D eigenvalue weighted by Gasteiger charge is -2.33. The topological polar surface area (TPSA) is 206 Å². The number of methoxy groups -OCH3 is 1. The number of carbonyl (C=O) groups excluding carboxylic acids is 3. The van der Waals surface area contributed by atoms with Crippen molar-refractivity contribution < 1.29 is 19.1 Å².